The number of anilines is 1. The molecule has 0 spiro atoms. The molecule has 0 unspecified atom stereocenters. The first-order chi connectivity index (χ1) is 11.0. The van der Waals surface area contributed by atoms with E-state index in [-0.39, 0.29) is 16.9 Å². The summed E-state index contributed by atoms with van der Waals surface area (Å²) in [4.78, 5) is 28.5. The van der Waals surface area contributed by atoms with Crippen molar-refractivity contribution in [2.45, 2.75) is 13.0 Å². The minimum Gasteiger partial charge on any atom is -0.363 e. The van der Waals surface area contributed by atoms with E-state index in [1.165, 1.54) is 10.7 Å². The monoisotopic (exact) mass is 318 g/mol. The second kappa shape index (κ2) is 5.48. The molecule has 0 saturated heterocycles. The van der Waals surface area contributed by atoms with Crippen LogP contribution in [0.25, 0.3) is 5.65 Å². The van der Waals surface area contributed by atoms with Gasteiger partial charge in [0.2, 0.25) is 5.65 Å². The lowest BCUT2D eigenvalue weighted by Gasteiger charge is -2.14. The number of halogens is 1. The number of nitrogens with one attached hydrogen (secondary N) is 2. The summed E-state index contributed by atoms with van der Waals surface area (Å²) in [7, 11) is 0. The van der Waals surface area contributed by atoms with E-state index in [1.807, 2.05) is 0 Å². The quantitative estimate of drug-likeness (QED) is 0.557. The maximum atomic E-state index is 13.3. The minimum atomic E-state index is -0.584. The third-order valence-electron chi connectivity index (χ3n) is 3.27. The van der Waals surface area contributed by atoms with Gasteiger partial charge >= 0.3 is 5.69 Å². The van der Waals surface area contributed by atoms with Gasteiger partial charge in [0.05, 0.1) is 11.0 Å². The molecular formula is C13H11FN6O3. The number of aromatic amines is 1. The van der Waals surface area contributed by atoms with Gasteiger partial charge in [-0.3, -0.25) is 14.9 Å². The van der Waals surface area contributed by atoms with Crippen LogP contribution in [0.5, 0.6) is 0 Å². The molecule has 3 rings (SSSR count). The predicted octanol–water partition coefficient (Wildman–Crippen LogP) is 1.64. The van der Waals surface area contributed by atoms with Gasteiger partial charge < -0.3 is 10.3 Å². The molecule has 0 aliphatic carbocycles. The average Bonchev–Trinajstić information content (AvgIpc) is 2.93. The molecule has 3 aromatic rings. The van der Waals surface area contributed by atoms with Crippen molar-refractivity contribution in [3.63, 3.8) is 0 Å². The van der Waals surface area contributed by atoms with Gasteiger partial charge in [0.15, 0.2) is 0 Å². The number of hydrogen-bond acceptors (Lipinski definition) is 6. The summed E-state index contributed by atoms with van der Waals surface area (Å²) in [6.07, 6.45) is 3.57. The Morgan fingerprint density at radius 1 is 1.52 bits per heavy atom. The van der Waals surface area contributed by atoms with Gasteiger partial charge in [-0.25, -0.2) is 13.9 Å². The normalized spacial score (nSPS) is 12.3. The van der Waals surface area contributed by atoms with Crippen LogP contribution >= 0.6 is 0 Å². The first kappa shape index (κ1) is 14.6. The Bertz CT molecular complexity index is 950. The first-order valence-electron chi connectivity index (χ1n) is 6.59. The van der Waals surface area contributed by atoms with E-state index in [1.54, 1.807) is 13.0 Å². The highest BCUT2D eigenvalue weighted by Crippen LogP contribution is 2.20. The number of aromatic nitrogens is 4. The average molecular weight is 318 g/mol. The van der Waals surface area contributed by atoms with E-state index in [4.69, 9.17) is 0 Å². The van der Waals surface area contributed by atoms with Crippen LogP contribution in [0.3, 0.4) is 0 Å². The zero-order valence-corrected chi connectivity index (χ0v) is 11.9. The number of pyridine rings is 1. The minimum absolute atomic E-state index is 0.0698. The second-order valence-electron chi connectivity index (χ2n) is 4.84. The van der Waals surface area contributed by atoms with Crippen LogP contribution in [-0.4, -0.2) is 24.5 Å². The van der Waals surface area contributed by atoms with E-state index >= 15 is 0 Å². The number of nitro groups is 1. The van der Waals surface area contributed by atoms with Gasteiger partial charge in [-0.15, -0.1) is 0 Å². The molecule has 9 nitrogen and oxygen atoms in total. The van der Waals surface area contributed by atoms with Crippen molar-refractivity contribution in [1.29, 1.82) is 0 Å². The SMILES string of the molecule is C[C@@H](Nc1ccn2ncc([N+](=O)[O-])c2n1)c1cc(F)c[nH]c1=O. The van der Waals surface area contributed by atoms with Crippen LogP contribution in [0.2, 0.25) is 0 Å². The van der Waals surface area contributed by atoms with Gasteiger partial charge in [-0.2, -0.15) is 5.10 Å². The third kappa shape index (κ3) is 2.73. The number of rotatable bonds is 4. The Balaban J connectivity index is 1.94. The van der Waals surface area contributed by atoms with Crippen molar-refractivity contribution in [3.05, 3.63) is 62.6 Å². The van der Waals surface area contributed by atoms with E-state index in [2.05, 4.69) is 20.4 Å². The number of H-pyrrole nitrogens is 1. The summed E-state index contributed by atoms with van der Waals surface area (Å²) >= 11 is 0. The molecule has 0 fully saturated rings. The molecular weight excluding hydrogens is 307 g/mol. The van der Waals surface area contributed by atoms with Gasteiger partial charge in [-0.05, 0) is 19.1 Å². The number of nitrogens with zero attached hydrogens (tertiary/aromatic N) is 4. The van der Waals surface area contributed by atoms with Crippen LogP contribution in [-0.2, 0) is 0 Å². The molecule has 3 heterocycles. The van der Waals surface area contributed by atoms with E-state index in [9.17, 15) is 19.3 Å². The van der Waals surface area contributed by atoms with Gasteiger partial charge in [-0.1, -0.05) is 0 Å². The number of hydrogen-bond donors (Lipinski definition) is 2. The Hall–Kier alpha value is -3.30. The fourth-order valence-electron chi connectivity index (χ4n) is 2.16. The molecule has 0 bridgehead atoms. The van der Waals surface area contributed by atoms with E-state index < -0.39 is 22.3 Å². The predicted molar refractivity (Wildman–Crippen MR) is 78.7 cm³/mol. The Labute approximate surface area is 127 Å². The van der Waals surface area contributed by atoms with Crippen LogP contribution in [0.1, 0.15) is 18.5 Å². The summed E-state index contributed by atoms with van der Waals surface area (Å²) in [6.45, 7) is 1.65. The highest BCUT2D eigenvalue weighted by molar-refractivity contribution is 5.60. The zero-order valence-electron chi connectivity index (χ0n) is 11.9. The van der Waals surface area contributed by atoms with E-state index in [0.717, 1.165) is 18.5 Å². The van der Waals surface area contributed by atoms with Gasteiger partial charge in [0.1, 0.15) is 17.8 Å². The standard InChI is InChI=1S/C13H11FN6O3/c1-7(9-4-8(14)5-15-13(9)21)17-11-2-3-19-12(18-11)10(6-16-19)20(22)23/h2-7H,1H3,(H,15,21)(H,17,18)/t7-/m1/s1. The van der Waals surface area contributed by atoms with E-state index in [0.29, 0.717) is 5.82 Å². The van der Waals surface area contributed by atoms with Gasteiger partial charge in [0.25, 0.3) is 5.56 Å². The van der Waals surface area contributed by atoms with Crippen LogP contribution in [0.4, 0.5) is 15.9 Å². The summed E-state index contributed by atoms with van der Waals surface area (Å²) in [5.74, 6) is -0.264. The van der Waals surface area contributed by atoms with Crippen molar-refractivity contribution in [2.75, 3.05) is 5.32 Å². The molecule has 1 atom stereocenters. The Kier molecular flexibility index (Phi) is 3.48. The molecule has 2 N–H and O–H groups in total. The molecule has 23 heavy (non-hydrogen) atoms. The topological polar surface area (TPSA) is 118 Å². The summed E-state index contributed by atoms with van der Waals surface area (Å²) in [5.41, 5.74) is -0.400. The molecule has 118 valence electrons. The van der Waals surface area contributed by atoms with Crippen LogP contribution in [0.15, 0.2) is 35.5 Å². The lowest BCUT2D eigenvalue weighted by atomic mass is 10.1. The fourth-order valence-corrected chi connectivity index (χ4v) is 2.16. The van der Waals surface area contributed by atoms with Crippen molar-refractivity contribution in [3.8, 4) is 0 Å². The largest absolute Gasteiger partial charge is 0.363 e. The summed E-state index contributed by atoms with van der Waals surface area (Å²) < 4.78 is 14.5. The Morgan fingerprint density at radius 2 is 2.30 bits per heavy atom. The van der Waals surface area contributed by atoms with Gasteiger partial charge in [0, 0.05) is 18.0 Å². The lowest BCUT2D eigenvalue weighted by molar-refractivity contribution is -0.383. The summed E-state index contributed by atoms with van der Waals surface area (Å²) in [6, 6.07) is 2.12. The Morgan fingerprint density at radius 3 is 3.04 bits per heavy atom. The second-order valence-corrected chi connectivity index (χ2v) is 4.84. The van der Waals surface area contributed by atoms with Crippen LogP contribution in [0, 0.1) is 15.9 Å². The molecule has 0 aliphatic rings. The highest BCUT2D eigenvalue weighted by atomic mass is 19.1. The summed E-state index contributed by atoms with van der Waals surface area (Å²) in [5, 5.41) is 17.7. The molecule has 10 heteroatoms. The van der Waals surface area contributed by atoms with Crippen molar-refractivity contribution >= 4 is 17.2 Å². The third-order valence-corrected chi connectivity index (χ3v) is 3.27. The highest BCUT2D eigenvalue weighted by Gasteiger charge is 2.17. The first-order valence-corrected chi connectivity index (χ1v) is 6.59. The maximum Gasteiger partial charge on any atom is 0.333 e. The molecule has 0 radical (unpaired) electrons. The number of fused-ring (bicyclic) bond motifs is 1. The van der Waals surface area contributed by atoms with Crippen LogP contribution < -0.4 is 10.9 Å². The fraction of sp³-hybridized carbons (Fsp3) is 0.154. The molecule has 0 amide bonds. The van der Waals surface area contributed by atoms with Crippen molar-refractivity contribution in [1.82, 2.24) is 19.6 Å². The molecule has 0 saturated carbocycles. The maximum absolute atomic E-state index is 13.3. The zero-order chi connectivity index (χ0) is 16.6. The van der Waals surface area contributed by atoms with Crippen molar-refractivity contribution < 1.29 is 9.31 Å². The molecule has 3 aromatic heterocycles. The lowest BCUT2D eigenvalue weighted by Crippen LogP contribution is -2.20. The smallest absolute Gasteiger partial charge is 0.333 e. The van der Waals surface area contributed by atoms with Crippen molar-refractivity contribution in [2.24, 2.45) is 0 Å². The molecule has 0 aromatic carbocycles. The molecule has 0 aliphatic heterocycles.